The number of ketones is 1. The van der Waals surface area contributed by atoms with Gasteiger partial charge in [-0.15, -0.1) is 0 Å². The van der Waals surface area contributed by atoms with Crippen molar-refractivity contribution in [1.29, 1.82) is 0 Å². The van der Waals surface area contributed by atoms with Crippen LogP contribution in [0.3, 0.4) is 0 Å². The Morgan fingerprint density at radius 3 is 2.56 bits per heavy atom. The molecule has 80 valence electrons. The van der Waals surface area contributed by atoms with E-state index >= 15 is 0 Å². The molecule has 0 unspecified atom stereocenters. The minimum atomic E-state index is -0.887. The fourth-order valence-electron chi connectivity index (χ4n) is 1.25. The molecular weight excluding hydrogens is 214 g/mol. The maximum atomic E-state index is 13.3. The van der Waals surface area contributed by atoms with Gasteiger partial charge in [0.2, 0.25) is 0 Å². The molecule has 5 heteroatoms. The van der Waals surface area contributed by atoms with Crippen LogP contribution in [0.25, 0.3) is 0 Å². The van der Waals surface area contributed by atoms with Gasteiger partial charge in [0.05, 0.1) is 18.0 Å². The van der Waals surface area contributed by atoms with Gasteiger partial charge in [-0.25, -0.2) is 8.78 Å². The molecule has 2 rings (SSSR count). The first-order valence-electron chi connectivity index (χ1n) is 4.45. The molecule has 0 spiro atoms. The molecule has 16 heavy (non-hydrogen) atoms. The number of hydrogen-bond acceptors (Lipinski definition) is 3. The Morgan fingerprint density at radius 2 is 1.94 bits per heavy atom. The van der Waals surface area contributed by atoms with Crippen molar-refractivity contribution < 1.29 is 13.6 Å². The van der Waals surface area contributed by atoms with Crippen LogP contribution < -0.4 is 0 Å². The third-order valence-electron chi connectivity index (χ3n) is 2.02. The molecule has 0 bridgehead atoms. The highest BCUT2D eigenvalue weighted by Crippen LogP contribution is 2.13. The second-order valence-electron chi connectivity index (χ2n) is 3.08. The minimum absolute atomic E-state index is 0.186. The molecule has 0 aliphatic rings. The highest BCUT2D eigenvalue weighted by Gasteiger charge is 2.14. The van der Waals surface area contributed by atoms with Crippen LogP contribution in [0.15, 0.2) is 36.7 Å². The van der Waals surface area contributed by atoms with Gasteiger partial charge in [-0.2, -0.15) is 10.2 Å². The van der Waals surface area contributed by atoms with Crippen LogP contribution in [0.2, 0.25) is 0 Å². The molecule has 1 aromatic carbocycles. The van der Waals surface area contributed by atoms with Crippen LogP contribution in [-0.2, 0) is 0 Å². The van der Waals surface area contributed by atoms with Gasteiger partial charge in [0.25, 0.3) is 0 Å². The van der Waals surface area contributed by atoms with E-state index in [0.717, 1.165) is 12.1 Å². The summed E-state index contributed by atoms with van der Waals surface area (Å²) in [5.74, 6) is -2.16. The molecule has 1 aromatic heterocycles. The number of nitrogens with zero attached hydrogens (tertiary/aromatic N) is 2. The number of carbonyl (C=O) groups excluding carboxylic acids is 1. The van der Waals surface area contributed by atoms with Gasteiger partial charge in [-0.05, 0) is 18.2 Å². The first-order chi connectivity index (χ1) is 7.68. The molecule has 1 heterocycles. The summed E-state index contributed by atoms with van der Waals surface area (Å²) < 4.78 is 25.9. The maximum Gasteiger partial charge on any atom is 0.197 e. The third kappa shape index (κ3) is 1.93. The van der Waals surface area contributed by atoms with Crippen molar-refractivity contribution in [2.45, 2.75) is 0 Å². The zero-order valence-electron chi connectivity index (χ0n) is 8.02. The second kappa shape index (κ2) is 4.14. The fraction of sp³-hybridized carbons (Fsp3) is 0. The molecule has 0 saturated carbocycles. The average molecular weight is 220 g/mol. The van der Waals surface area contributed by atoms with Gasteiger partial charge >= 0.3 is 0 Å². The summed E-state index contributed by atoms with van der Waals surface area (Å²) in [4.78, 5) is 11.7. The van der Waals surface area contributed by atoms with E-state index in [4.69, 9.17) is 0 Å². The standard InChI is InChI=1S/C11H6F2N2O/c12-8-1-2-9(10(13)5-8)11(16)7-3-4-14-15-6-7/h1-6H. The molecule has 0 aliphatic carbocycles. The van der Waals surface area contributed by atoms with Gasteiger partial charge in [-0.3, -0.25) is 4.79 Å². The highest BCUT2D eigenvalue weighted by molar-refractivity contribution is 6.08. The van der Waals surface area contributed by atoms with Crippen LogP contribution in [0.1, 0.15) is 15.9 Å². The van der Waals surface area contributed by atoms with Gasteiger partial charge in [0, 0.05) is 11.6 Å². The number of benzene rings is 1. The number of aromatic nitrogens is 2. The van der Waals surface area contributed by atoms with Crippen molar-refractivity contribution in [2.24, 2.45) is 0 Å². The van der Waals surface area contributed by atoms with E-state index in [2.05, 4.69) is 10.2 Å². The average Bonchev–Trinajstić information content (AvgIpc) is 2.29. The lowest BCUT2D eigenvalue weighted by Crippen LogP contribution is -2.05. The summed E-state index contributed by atoms with van der Waals surface area (Å²) in [6, 6.07) is 4.22. The number of halogens is 2. The Morgan fingerprint density at radius 1 is 1.12 bits per heavy atom. The van der Waals surface area contributed by atoms with Crippen molar-refractivity contribution in [2.75, 3.05) is 0 Å². The Balaban J connectivity index is 2.42. The largest absolute Gasteiger partial charge is 0.288 e. The van der Waals surface area contributed by atoms with Crippen LogP contribution in [0.4, 0.5) is 8.78 Å². The number of rotatable bonds is 2. The third-order valence-corrected chi connectivity index (χ3v) is 2.02. The van der Waals surface area contributed by atoms with E-state index in [-0.39, 0.29) is 11.1 Å². The molecule has 3 nitrogen and oxygen atoms in total. The molecular formula is C11H6F2N2O. The Hall–Kier alpha value is -2.17. The van der Waals surface area contributed by atoms with Crippen LogP contribution in [0.5, 0.6) is 0 Å². The van der Waals surface area contributed by atoms with Gasteiger partial charge in [0.15, 0.2) is 5.78 Å². The predicted octanol–water partition coefficient (Wildman–Crippen LogP) is 1.99. The minimum Gasteiger partial charge on any atom is -0.288 e. The Labute approximate surface area is 89.8 Å². The van der Waals surface area contributed by atoms with Crippen molar-refractivity contribution in [3.05, 3.63) is 59.4 Å². The van der Waals surface area contributed by atoms with E-state index < -0.39 is 17.4 Å². The van der Waals surface area contributed by atoms with Crippen molar-refractivity contribution in [3.8, 4) is 0 Å². The Bertz CT molecular complexity index is 529. The zero-order chi connectivity index (χ0) is 11.5. The summed E-state index contributed by atoms with van der Waals surface area (Å²) in [5, 5.41) is 7.01. The lowest BCUT2D eigenvalue weighted by atomic mass is 10.1. The van der Waals surface area contributed by atoms with E-state index in [1.165, 1.54) is 18.5 Å². The van der Waals surface area contributed by atoms with Gasteiger partial charge < -0.3 is 0 Å². The molecule has 0 atom stereocenters. The first-order valence-corrected chi connectivity index (χ1v) is 4.45. The normalized spacial score (nSPS) is 10.1. The number of hydrogen-bond donors (Lipinski definition) is 0. The molecule has 0 N–H and O–H groups in total. The fourth-order valence-corrected chi connectivity index (χ4v) is 1.25. The first kappa shape index (κ1) is 10.4. The van der Waals surface area contributed by atoms with Gasteiger partial charge in [0.1, 0.15) is 11.6 Å². The maximum absolute atomic E-state index is 13.3. The number of carbonyl (C=O) groups is 1. The van der Waals surface area contributed by atoms with E-state index in [9.17, 15) is 13.6 Å². The summed E-state index contributed by atoms with van der Waals surface area (Å²) >= 11 is 0. The summed E-state index contributed by atoms with van der Waals surface area (Å²) in [7, 11) is 0. The lowest BCUT2D eigenvalue weighted by Gasteiger charge is -2.01. The molecule has 0 fully saturated rings. The SMILES string of the molecule is O=C(c1ccnnc1)c1ccc(F)cc1F. The van der Waals surface area contributed by atoms with E-state index in [1.54, 1.807) is 0 Å². The summed E-state index contributed by atoms with van der Waals surface area (Å²) in [6.07, 6.45) is 2.56. The van der Waals surface area contributed by atoms with Crippen LogP contribution >= 0.6 is 0 Å². The Kier molecular flexibility index (Phi) is 2.68. The van der Waals surface area contributed by atoms with Crippen molar-refractivity contribution in [1.82, 2.24) is 10.2 Å². The van der Waals surface area contributed by atoms with Crippen LogP contribution in [0, 0.1) is 11.6 Å². The molecule has 0 saturated heterocycles. The van der Waals surface area contributed by atoms with Crippen molar-refractivity contribution >= 4 is 5.78 Å². The predicted molar refractivity (Wildman–Crippen MR) is 51.8 cm³/mol. The van der Waals surface area contributed by atoms with E-state index in [0.29, 0.717) is 6.07 Å². The van der Waals surface area contributed by atoms with Crippen LogP contribution in [-0.4, -0.2) is 16.0 Å². The smallest absolute Gasteiger partial charge is 0.197 e. The lowest BCUT2D eigenvalue weighted by molar-refractivity contribution is 0.103. The monoisotopic (exact) mass is 220 g/mol. The topological polar surface area (TPSA) is 42.9 Å². The quantitative estimate of drug-likeness (QED) is 0.727. The molecule has 0 amide bonds. The highest BCUT2D eigenvalue weighted by atomic mass is 19.1. The summed E-state index contributed by atoms with van der Waals surface area (Å²) in [6.45, 7) is 0. The zero-order valence-corrected chi connectivity index (χ0v) is 8.02. The van der Waals surface area contributed by atoms with Crippen molar-refractivity contribution in [3.63, 3.8) is 0 Å². The second-order valence-corrected chi connectivity index (χ2v) is 3.08. The summed E-state index contributed by atoms with van der Waals surface area (Å²) in [5.41, 5.74) is 0.0231. The molecule has 2 aromatic rings. The molecule has 0 aliphatic heterocycles. The van der Waals surface area contributed by atoms with Gasteiger partial charge in [-0.1, -0.05) is 0 Å². The van der Waals surface area contributed by atoms with E-state index in [1.807, 2.05) is 0 Å². The molecule has 0 radical (unpaired) electrons.